The zero-order chi connectivity index (χ0) is 18.4. The van der Waals surface area contributed by atoms with Gasteiger partial charge in [0.15, 0.2) is 17.8 Å². The molecule has 0 fully saturated rings. The second-order valence-electron chi connectivity index (χ2n) is 4.88. The van der Waals surface area contributed by atoms with E-state index >= 15 is 0 Å². The molecular formula is C18H19NO6. The Balaban J connectivity index is 2.55. The van der Waals surface area contributed by atoms with Crippen LogP contribution in [-0.4, -0.2) is 45.2 Å². The van der Waals surface area contributed by atoms with Gasteiger partial charge in [-0.05, 0) is 31.2 Å². The molecule has 132 valence electrons. The molecule has 0 aliphatic rings. The summed E-state index contributed by atoms with van der Waals surface area (Å²) in [4.78, 5) is 27.5. The van der Waals surface area contributed by atoms with Crippen molar-refractivity contribution in [3.05, 3.63) is 35.5 Å². The molecule has 2 aromatic rings. The van der Waals surface area contributed by atoms with Gasteiger partial charge in [-0.1, -0.05) is 0 Å². The van der Waals surface area contributed by atoms with E-state index in [0.717, 1.165) is 0 Å². The Kier molecular flexibility index (Phi) is 5.94. The maximum atomic E-state index is 11.9. The summed E-state index contributed by atoms with van der Waals surface area (Å²) in [6, 6.07) is 6.55. The fourth-order valence-electron chi connectivity index (χ4n) is 2.34. The lowest BCUT2D eigenvalue weighted by molar-refractivity contribution is 0.0523. The van der Waals surface area contributed by atoms with Crippen LogP contribution in [0.4, 0.5) is 0 Å². The van der Waals surface area contributed by atoms with Gasteiger partial charge in [-0.25, -0.2) is 9.78 Å². The summed E-state index contributed by atoms with van der Waals surface area (Å²) >= 11 is 0. The molecule has 0 saturated heterocycles. The number of methoxy groups -OCH3 is 3. The summed E-state index contributed by atoms with van der Waals surface area (Å²) in [7, 11) is 4.53. The molecule has 0 saturated carbocycles. The SMILES string of the molecule is CCOC(=O)c1ccc(-c2cc(OC)c(OC)c(OC)c2)nc1C=O. The van der Waals surface area contributed by atoms with Crippen molar-refractivity contribution < 1.29 is 28.5 Å². The number of hydrogen-bond donors (Lipinski definition) is 0. The number of esters is 1. The highest BCUT2D eigenvalue weighted by Gasteiger charge is 2.18. The third kappa shape index (κ3) is 3.71. The molecule has 2 rings (SSSR count). The highest BCUT2D eigenvalue weighted by Crippen LogP contribution is 2.40. The molecule has 0 unspecified atom stereocenters. The maximum Gasteiger partial charge on any atom is 0.340 e. The Labute approximate surface area is 145 Å². The normalized spacial score (nSPS) is 10.1. The van der Waals surface area contributed by atoms with Crippen molar-refractivity contribution in [3.63, 3.8) is 0 Å². The van der Waals surface area contributed by atoms with Crippen LogP contribution in [-0.2, 0) is 4.74 Å². The second-order valence-corrected chi connectivity index (χ2v) is 4.88. The smallest absolute Gasteiger partial charge is 0.340 e. The Morgan fingerprint density at radius 3 is 2.20 bits per heavy atom. The third-order valence-electron chi connectivity index (χ3n) is 3.49. The number of carbonyl (C=O) groups excluding carboxylic acids is 2. The predicted molar refractivity (Wildman–Crippen MR) is 90.7 cm³/mol. The van der Waals surface area contributed by atoms with E-state index in [0.29, 0.717) is 34.8 Å². The van der Waals surface area contributed by atoms with Crippen LogP contribution in [0.25, 0.3) is 11.3 Å². The molecule has 1 heterocycles. The van der Waals surface area contributed by atoms with Crippen LogP contribution in [0, 0.1) is 0 Å². The molecule has 0 radical (unpaired) electrons. The molecule has 0 aliphatic carbocycles. The van der Waals surface area contributed by atoms with Crippen LogP contribution < -0.4 is 14.2 Å². The number of benzene rings is 1. The maximum absolute atomic E-state index is 11.9. The van der Waals surface area contributed by atoms with Crippen LogP contribution in [0.3, 0.4) is 0 Å². The average molecular weight is 345 g/mol. The summed E-state index contributed by atoms with van der Waals surface area (Å²) in [5.41, 5.74) is 1.25. The highest BCUT2D eigenvalue weighted by molar-refractivity contribution is 5.97. The largest absolute Gasteiger partial charge is 0.493 e. The van der Waals surface area contributed by atoms with Gasteiger partial charge in [-0.2, -0.15) is 0 Å². The van der Waals surface area contributed by atoms with Crippen molar-refractivity contribution in [1.82, 2.24) is 4.98 Å². The minimum absolute atomic E-state index is 0.00435. The lowest BCUT2D eigenvalue weighted by atomic mass is 10.1. The highest BCUT2D eigenvalue weighted by atomic mass is 16.5. The molecular weight excluding hydrogens is 326 g/mol. The van der Waals surface area contributed by atoms with E-state index in [1.165, 1.54) is 27.4 Å². The molecule has 0 bridgehead atoms. The number of ether oxygens (including phenoxy) is 4. The number of hydrogen-bond acceptors (Lipinski definition) is 7. The first-order valence-electron chi connectivity index (χ1n) is 7.53. The standard InChI is InChI=1S/C18H19NO6/c1-5-25-18(21)12-6-7-13(19-14(12)10-20)11-8-15(22-2)17(24-4)16(9-11)23-3/h6-10H,5H2,1-4H3. The van der Waals surface area contributed by atoms with Crippen molar-refractivity contribution in [2.24, 2.45) is 0 Å². The van der Waals surface area contributed by atoms with E-state index in [1.54, 1.807) is 25.1 Å². The molecule has 1 aromatic heterocycles. The van der Waals surface area contributed by atoms with Crippen molar-refractivity contribution in [3.8, 4) is 28.5 Å². The number of rotatable bonds is 7. The van der Waals surface area contributed by atoms with E-state index in [2.05, 4.69) is 4.98 Å². The average Bonchev–Trinajstić information content (AvgIpc) is 2.66. The van der Waals surface area contributed by atoms with Crippen LogP contribution in [0.15, 0.2) is 24.3 Å². The summed E-state index contributed by atoms with van der Waals surface area (Å²) in [6.45, 7) is 1.90. The van der Waals surface area contributed by atoms with Crippen molar-refractivity contribution in [2.45, 2.75) is 6.92 Å². The first-order chi connectivity index (χ1) is 12.1. The van der Waals surface area contributed by atoms with E-state index < -0.39 is 5.97 Å². The molecule has 0 amide bonds. The van der Waals surface area contributed by atoms with Crippen LogP contribution in [0.5, 0.6) is 17.2 Å². The van der Waals surface area contributed by atoms with E-state index in [-0.39, 0.29) is 17.9 Å². The van der Waals surface area contributed by atoms with Gasteiger partial charge in [0.25, 0.3) is 0 Å². The van der Waals surface area contributed by atoms with E-state index in [1.807, 2.05) is 0 Å². The summed E-state index contributed by atoms with van der Waals surface area (Å²) in [5, 5.41) is 0. The van der Waals surface area contributed by atoms with Gasteiger partial charge in [-0.3, -0.25) is 4.79 Å². The van der Waals surface area contributed by atoms with Gasteiger partial charge >= 0.3 is 5.97 Å². The van der Waals surface area contributed by atoms with E-state index in [9.17, 15) is 9.59 Å². The van der Waals surface area contributed by atoms with E-state index in [4.69, 9.17) is 18.9 Å². The summed E-state index contributed by atoms with van der Waals surface area (Å²) in [5.74, 6) is 0.780. The Hall–Kier alpha value is -3.09. The first-order valence-corrected chi connectivity index (χ1v) is 7.53. The van der Waals surface area contributed by atoms with Crippen LogP contribution in [0.1, 0.15) is 27.8 Å². The van der Waals surface area contributed by atoms with Crippen molar-refractivity contribution in [1.29, 1.82) is 0 Å². The second kappa shape index (κ2) is 8.14. The molecule has 7 heteroatoms. The molecule has 0 atom stereocenters. The predicted octanol–water partition coefficient (Wildman–Crippen LogP) is 2.76. The zero-order valence-corrected chi connectivity index (χ0v) is 14.5. The topological polar surface area (TPSA) is 84.0 Å². The van der Waals surface area contributed by atoms with Gasteiger partial charge in [-0.15, -0.1) is 0 Å². The van der Waals surface area contributed by atoms with Crippen LogP contribution >= 0.6 is 0 Å². The lowest BCUT2D eigenvalue weighted by Gasteiger charge is -2.14. The van der Waals surface area contributed by atoms with Gasteiger partial charge in [0, 0.05) is 5.56 Å². The Morgan fingerprint density at radius 1 is 1.08 bits per heavy atom. The molecule has 7 nitrogen and oxygen atoms in total. The zero-order valence-electron chi connectivity index (χ0n) is 14.5. The Bertz CT molecular complexity index is 762. The van der Waals surface area contributed by atoms with Gasteiger partial charge in [0.1, 0.15) is 5.69 Å². The Morgan fingerprint density at radius 2 is 1.72 bits per heavy atom. The summed E-state index contributed by atoms with van der Waals surface area (Å²) < 4.78 is 20.8. The third-order valence-corrected chi connectivity index (χ3v) is 3.49. The fourth-order valence-corrected chi connectivity index (χ4v) is 2.34. The fraction of sp³-hybridized carbons (Fsp3) is 0.278. The minimum atomic E-state index is -0.589. The number of pyridine rings is 1. The van der Waals surface area contributed by atoms with Crippen molar-refractivity contribution >= 4 is 12.3 Å². The molecule has 0 N–H and O–H groups in total. The lowest BCUT2D eigenvalue weighted by Crippen LogP contribution is -2.09. The quantitative estimate of drug-likeness (QED) is 0.563. The molecule has 1 aromatic carbocycles. The number of aldehydes is 1. The number of nitrogens with zero attached hydrogens (tertiary/aromatic N) is 1. The minimum Gasteiger partial charge on any atom is -0.493 e. The van der Waals surface area contributed by atoms with Crippen molar-refractivity contribution in [2.75, 3.05) is 27.9 Å². The van der Waals surface area contributed by atoms with Gasteiger partial charge in [0.2, 0.25) is 5.75 Å². The number of aromatic nitrogens is 1. The molecule has 0 spiro atoms. The summed E-state index contributed by atoms with van der Waals surface area (Å²) in [6.07, 6.45) is 0.522. The molecule has 0 aliphatic heterocycles. The molecule has 25 heavy (non-hydrogen) atoms. The first kappa shape index (κ1) is 18.3. The van der Waals surface area contributed by atoms with Gasteiger partial charge in [0.05, 0.1) is 39.2 Å². The van der Waals surface area contributed by atoms with Gasteiger partial charge < -0.3 is 18.9 Å². The number of carbonyl (C=O) groups is 2. The van der Waals surface area contributed by atoms with Crippen LogP contribution in [0.2, 0.25) is 0 Å². The monoisotopic (exact) mass is 345 g/mol.